The highest BCUT2D eigenvalue weighted by Crippen LogP contribution is 2.38. The van der Waals surface area contributed by atoms with E-state index in [9.17, 15) is 13.2 Å². The van der Waals surface area contributed by atoms with E-state index in [1.54, 1.807) is 53.7 Å². The first-order valence-corrected chi connectivity index (χ1v) is 16.9. The zero-order valence-corrected chi connectivity index (χ0v) is 27.0. The van der Waals surface area contributed by atoms with Gasteiger partial charge in [0.2, 0.25) is 0 Å². The molecular weight excluding hydrogens is 662 g/mol. The van der Waals surface area contributed by atoms with E-state index in [2.05, 4.69) is 26.2 Å². The van der Waals surface area contributed by atoms with Gasteiger partial charge in [-0.3, -0.25) is 4.98 Å². The number of nitrogens with zero attached hydrogens (tertiary/aromatic N) is 4. The molecule has 2 aromatic heterocycles. The topological polar surface area (TPSA) is 105 Å². The summed E-state index contributed by atoms with van der Waals surface area (Å²) >= 11 is 10.1. The Morgan fingerprint density at radius 3 is 2.45 bits per heavy atom. The van der Waals surface area contributed by atoms with E-state index < -0.39 is 9.84 Å². The molecule has 11 heteroatoms. The van der Waals surface area contributed by atoms with Crippen molar-refractivity contribution < 1.29 is 13.2 Å². The number of rotatable bonds is 5. The number of carbonyl (C=O) groups excluding carboxylic acids is 1. The van der Waals surface area contributed by atoms with E-state index >= 15 is 0 Å². The van der Waals surface area contributed by atoms with Gasteiger partial charge in [-0.05, 0) is 70.4 Å². The molecule has 0 unspecified atom stereocenters. The van der Waals surface area contributed by atoms with Crippen molar-refractivity contribution in [2.75, 3.05) is 18.1 Å². The maximum absolute atomic E-state index is 13.6. The zero-order chi connectivity index (χ0) is 31.0. The van der Waals surface area contributed by atoms with Crippen LogP contribution in [-0.2, 0) is 22.8 Å². The Bertz CT molecular complexity index is 2010. The van der Waals surface area contributed by atoms with E-state index in [1.807, 2.05) is 43.3 Å². The molecule has 3 aromatic carbocycles. The standard InChI is InChI=1S/C33H27BrClN5O3S/c1-20-6-3-4-8-25(20)31-27-19-40(15-13-29(27)38-32(39-31)22-7-5-14-36-18-22)33(41)37-23-16-26(30(35)28(34)17-23)21-9-11-24(12-10-21)44(2,42)43/h3-12,14,16-18H,13,15,19H2,1-2H3,(H,37,41). The van der Waals surface area contributed by atoms with Gasteiger partial charge in [0.1, 0.15) is 0 Å². The fourth-order valence-corrected chi connectivity index (χ4v) is 6.54. The van der Waals surface area contributed by atoms with Gasteiger partial charge in [-0.1, -0.05) is 48.0 Å². The summed E-state index contributed by atoms with van der Waals surface area (Å²) in [5.41, 5.74) is 7.45. The summed E-state index contributed by atoms with van der Waals surface area (Å²) in [6.07, 6.45) is 5.21. The molecule has 1 N–H and O–H groups in total. The first kappa shape index (κ1) is 29.9. The second-order valence-corrected chi connectivity index (χ2v) is 13.8. The van der Waals surface area contributed by atoms with Gasteiger partial charge in [0.15, 0.2) is 15.7 Å². The average Bonchev–Trinajstić information content (AvgIpc) is 3.02. The number of amides is 2. The Kier molecular flexibility index (Phi) is 8.24. The minimum atomic E-state index is -3.33. The van der Waals surface area contributed by atoms with Crippen LogP contribution in [0.5, 0.6) is 0 Å². The number of aryl methyl sites for hydroxylation is 1. The molecule has 6 rings (SSSR count). The lowest BCUT2D eigenvalue weighted by atomic mass is 9.96. The minimum absolute atomic E-state index is 0.216. The summed E-state index contributed by atoms with van der Waals surface area (Å²) in [7, 11) is -3.33. The number of anilines is 1. The van der Waals surface area contributed by atoms with Crippen molar-refractivity contribution in [3.8, 4) is 33.8 Å². The number of sulfone groups is 1. The number of urea groups is 1. The van der Waals surface area contributed by atoms with Crippen LogP contribution in [0.15, 0.2) is 94.6 Å². The van der Waals surface area contributed by atoms with Crippen LogP contribution >= 0.6 is 27.5 Å². The Morgan fingerprint density at radius 2 is 1.75 bits per heavy atom. The van der Waals surface area contributed by atoms with Gasteiger partial charge in [-0.25, -0.2) is 23.2 Å². The number of nitrogens with one attached hydrogen (secondary N) is 1. The highest BCUT2D eigenvalue weighted by Gasteiger charge is 2.27. The lowest BCUT2D eigenvalue weighted by molar-refractivity contribution is 0.206. The van der Waals surface area contributed by atoms with Crippen LogP contribution in [0, 0.1) is 6.92 Å². The second kappa shape index (κ2) is 12.1. The van der Waals surface area contributed by atoms with Gasteiger partial charge in [0.05, 0.1) is 27.9 Å². The summed E-state index contributed by atoms with van der Waals surface area (Å²) in [5.74, 6) is 0.608. The quantitative estimate of drug-likeness (QED) is 0.204. The number of hydrogen-bond acceptors (Lipinski definition) is 6. The molecule has 222 valence electrons. The van der Waals surface area contributed by atoms with Crippen LogP contribution in [0.25, 0.3) is 33.8 Å². The highest BCUT2D eigenvalue weighted by molar-refractivity contribution is 9.10. The molecule has 0 bridgehead atoms. The van der Waals surface area contributed by atoms with Crippen LogP contribution in [0.1, 0.15) is 16.8 Å². The molecule has 0 atom stereocenters. The van der Waals surface area contributed by atoms with Gasteiger partial charge in [0.25, 0.3) is 0 Å². The van der Waals surface area contributed by atoms with Gasteiger partial charge < -0.3 is 10.2 Å². The van der Waals surface area contributed by atoms with Crippen molar-refractivity contribution in [2.45, 2.75) is 24.8 Å². The van der Waals surface area contributed by atoms with Crippen molar-refractivity contribution >= 4 is 49.1 Å². The van der Waals surface area contributed by atoms with Crippen LogP contribution in [0.2, 0.25) is 5.02 Å². The Labute approximate surface area is 269 Å². The van der Waals surface area contributed by atoms with Crippen molar-refractivity contribution in [1.29, 1.82) is 0 Å². The van der Waals surface area contributed by atoms with Gasteiger partial charge >= 0.3 is 6.03 Å². The fraction of sp³-hybridized carbons (Fsp3) is 0.152. The molecule has 0 fully saturated rings. The normalized spacial score (nSPS) is 13.0. The minimum Gasteiger partial charge on any atom is -0.320 e. The molecule has 0 saturated heterocycles. The molecule has 3 heterocycles. The van der Waals surface area contributed by atoms with Crippen LogP contribution in [0.4, 0.5) is 10.5 Å². The maximum Gasteiger partial charge on any atom is 0.322 e. The summed E-state index contributed by atoms with van der Waals surface area (Å²) in [5, 5.41) is 3.47. The number of hydrogen-bond donors (Lipinski definition) is 1. The molecule has 1 aliphatic rings. The highest BCUT2D eigenvalue weighted by atomic mass is 79.9. The first-order chi connectivity index (χ1) is 21.1. The Morgan fingerprint density at radius 1 is 0.977 bits per heavy atom. The number of aromatic nitrogens is 3. The smallest absolute Gasteiger partial charge is 0.320 e. The average molecular weight is 689 g/mol. The van der Waals surface area contributed by atoms with E-state index in [-0.39, 0.29) is 10.9 Å². The predicted molar refractivity (Wildman–Crippen MR) is 176 cm³/mol. The fourth-order valence-electron chi connectivity index (χ4n) is 5.23. The summed E-state index contributed by atoms with van der Waals surface area (Å²) in [6.45, 7) is 2.86. The number of pyridine rings is 1. The van der Waals surface area contributed by atoms with Crippen LogP contribution in [-0.4, -0.2) is 47.1 Å². The molecule has 0 radical (unpaired) electrons. The molecule has 0 aliphatic carbocycles. The second-order valence-electron chi connectivity index (χ2n) is 10.6. The molecule has 2 amide bonds. The van der Waals surface area contributed by atoms with E-state index in [0.29, 0.717) is 46.1 Å². The van der Waals surface area contributed by atoms with Crippen molar-refractivity contribution in [1.82, 2.24) is 19.9 Å². The first-order valence-electron chi connectivity index (χ1n) is 13.8. The van der Waals surface area contributed by atoms with E-state index in [4.69, 9.17) is 21.6 Å². The van der Waals surface area contributed by atoms with Crippen molar-refractivity contribution in [3.63, 3.8) is 0 Å². The molecule has 8 nitrogen and oxygen atoms in total. The number of benzene rings is 3. The third kappa shape index (κ3) is 6.10. The SMILES string of the molecule is Cc1ccccc1-c1nc(-c2cccnc2)nc2c1CN(C(=O)Nc1cc(Br)c(Cl)c(-c3ccc(S(C)(=O)=O)cc3)c1)CC2. The van der Waals surface area contributed by atoms with Crippen LogP contribution < -0.4 is 5.32 Å². The lowest BCUT2D eigenvalue weighted by Gasteiger charge is -2.30. The predicted octanol–water partition coefficient (Wildman–Crippen LogP) is 7.59. The summed E-state index contributed by atoms with van der Waals surface area (Å²) < 4.78 is 24.4. The third-order valence-corrected chi connectivity index (χ3v) is 9.93. The summed E-state index contributed by atoms with van der Waals surface area (Å²) in [4.78, 5) is 29.7. The monoisotopic (exact) mass is 687 g/mol. The molecule has 1 aliphatic heterocycles. The maximum atomic E-state index is 13.6. The van der Waals surface area contributed by atoms with Gasteiger partial charge in [-0.15, -0.1) is 0 Å². The number of halogens is 2. The summed E-state index contributed by atoms with van der Waals surface area (Å²) in [6, 6.07) is 21.6. The van der Waals surface area contributed by atoms with Gasteiger partial charge in [0, 0.05) is 64.0 Å². The van der Waals surface area contributed by atoms with Crippen molar-refractivity contribution in [3.05, 3.63) is 112 Å². The van der Waals surface area contributed by atoms with Gasteiger partial charge in [-0.2, -0.15) is 0 Å². The van der Waals surface area contributed by atoms with Crippen LogP contribution in [0.3, 0.4) is 0 Å². The molecule has 0 spiro atoms. The number of carbonyl (C=O) groups is 1. The largest absolute Gasteiger partial charge is 0.322 e. The molecule has 5 aromatic rings. The van der Waals surface area contributed by atoms with E-state index in [1.165, 1.54) is 0 Å². The number of fused-ring (bicyclic) bond motifs is 1. The van der Waals surface area contributed by atoms with Crippen molar-refractivity contribution in [2.24, 2.45) is 0 Å². The molecule has 0 saturated carbocycles. The van der Waals surface area contributed by atoms with E-state index in [0.717, 1.165) is 45.5 Å². The Hall–Kier alpha value is -4.12. The zero-order valence-electron chi connectivity index (χ0n) is 23.9. The lowest BCUT2D eigenvalue weighted by Crippen LogP contribution is -2.39. The molecule has 44 heavy (non-hydrogen) atoms. The Balaban J connectivity index is 1.31. The third-order valence-electron chi connectivity index (χ3n) is 7.54. The molecular formula is C33H27BrClN5O3S.